The summed E-state index contributed by atoms with van der Waals surface area (Å²) in [5.41, 5.74) is -3.34. The van der Waals surface area contributed by atoms with Gasteiger partial charge in [0.2, 0.25) is 0 Å². The van der Waals surface area contributed by atoms with Gasteiger partial charge >= 0.3 is 18.5 Å². The number of carbonyl (C=O) groups is 2. The number of anilines is 2. The van der Waals surface area contributed by atoms with Gasteiger partial charge in [0.1, 0.15) is 11.4 Å². The normalized spacial score (nSPS) is 21.0. The van der Waals surface area contributed by atoms with Crippen molar-refractivity contribution < 1.29 is 49.1 Å². The molecule has 4 N–H and O–H groups in total. The predicted octanol–water partition coefficient (Wildman–Crippen LogP) is 10.9. The maximum Gasteiger partial charge on any atom is 0.433 e. The average molecular weight is 807 g/mol. The van der Waals surface area contributed by atoms with Crippen molar-refractivity contribution in [2.24, 2.45) is 10.8 Å². The van der Waals surface area contributed by atoms with E-state index in [0.29, 0.717) is 36.2 Å². The number of nitrogens with one attached hydrogen (secondary N) is 4. The average Bonchev–Trinajstić information content (AvgIpc) is 3.72. The maximum atomic E-state index is 13.7. The molecule has 2 aliphatic heterocycles. The van der Waals surface area contributed by atoms with Crippen LogP contribution in [0.15, 0.2) is 83.2 Å². The van der Waals surface area contributed by atoms with Crippen molar-refractivity contribution >= 4 is 23.2 Å². The minimum atomic E-state index is -4.89. The van der Waals surface area contributed by atoms with E-state index in [-0.39, 0.29) is 40.4 Å². The van der Waals surface area contributed by atoms with Crippen LogP contribution in [0.5, 0.6) is 0 Å². The van der Waals surface area contributed by atoms with Gasteiger partial charge in [-0.1, -0.05) is 89.2 Å². The Labute approximate surface area is 321 Å². The molecule has 0 bridgehead atoms. The van der Waals surface area contributed by atoms with Crippen molar-refractivity contribution in [3.05, 3.63) is 117 Å². The largest absolute Gasteiger partial charge is 0.433 e. The highest BCUT2D eigenvalue weighted by atomic mass is 19.4. The fraction of sp³-hybridized carbons (Fsp3) is 0.400. The van der Waals surface area contributed by atoms with Crippen molar-refractivity contribution in [1.82, 2.24) is 20.4 Å². The third-order valence-electron chi connectivity index (χ3n) is 10.2. The first kappa shape index (κ1) is 41.3. The summed E-state index contributed by atoms with van der Waals surface area (Å²) in [7, 11) is 0. The van der Waals surface area contributed by atoms with Crippen molar-refractivity contribution in [1.29, 1.82) is 0 Å². The first-order valence-electron chi connectivity index (χ1n) is 17.9. The topological polar surface area (TPSA) is 116 Å². The van der Waals surface area contributed by atoms with Gasteiger partial charge in [-0.2, -0.15) is 49.7 Å². The second kappa shape index (κ2) is 14.5. The lowest BCUT2D eigenvalue weighted by Gasteiger charge is -2.38. The SMILES string of the molecule is CC1(C)CC(=O)C2=C(C1)Nc1n[nH]c(C(F)(F)F)c1C2c1ccccc1C(F)(F)F.CC1C2=C(CC(C)(C)CC2=O)Nc2n[nH]c(C(F)(F)F)c21.c1ccccc1. The summed E-state index contributed by atoms with van der Waals surface area (Å²) in [5.74, 6) is -2.73. The lowest BCUT2D eigenvalue weighted by Crippen LogP contribution is -2.34. The van der Waals surface area contributed by atoms with E-state index in [1.807, 2.05) is 69.2 Å². The number of benzene rings is 2. The van der Waals surface area contributed by atoms with Gasteiger partial charge in [0.15, 0.2) is 23.2 Å². The number of aromatic nitrogens is 4. The van der Waals surface area contributed by atoms with Crippen molar-refractivity contribution in [3.63, 3.8) is 0 Å². The standard InChI is InChI=1S/C20H17F6N3O.C14H16F3N3O.C6H6/c1-18(2)7-11-14(12(30)8-18)13(9-5-3-4-6-10(9)19(21,22)23)15-16(20(24,25)26)28-29-17(15)27-11;1-6-9-7(4-13(2,3)5-8(9)21)18-12-10(6)11(19-20-12)14(15,16)17;1-2-4-6-5-3-1/h3-6,13H,7-8H2,1-2H3,(H2,27,28,29);6H,4-5H2,1-3H3,(H2,18,19,20);1-6H. The summed E-state index contributed by atoms with van der Waals surface area (Å²) in [6, 6.07) is 16.4. The van der Waals surface area contributed by atoms with Crippen molar-refractivity contribution in [2.45, 2.75) is 90.7 Å². The number of allylic oxidation sites excluding steroid dienone is 4. The van der Waals surface area contributed by atoms with Crippen LogP contribution in [-0.4, -0.2) is 32.0 Å². The van der Waals surface area contributed by atoms with Crippen LogP contribution in [0, 0.1) is 10.8 Å². The van der Waals surface area contributed by atoms with E-state index in [1.54, 1.807) is 6.92 Å². The fourth-order valence-corrected chi connectivity index (χ4v) is 8.03. The van der Waals surface area contributed by atoms with Gasteiger partial charge in [-0.15, -0.1) is 0 Å². The van der Waals surface area contributed by atoms with Crippen LogP contribution in [-0.2, 0) is 28.1 Å². The molecule has 4 aliphatic rings. The summed E-state index contributed by atoms with van der Waals surface area (Å²) < 4.78 is 121. The Bertz CT molecular complexity index is 2220. The number of aromatic amines is 2. The number of hydrogen-bond donors (Lipinski definition) is 4. The monoisotopic (exact) mass is 806 g/mol. The van der Waals surface area contributed by atoms with Gasteiger partial charge in [0.25, 0.3) is 0 Å². The van der Waals surface area contributed by atoms with E-state index in [9.17, 15) is 49.1 Å². The molecule has 0 spiro atoms. The highest BCUT2D eigenvalue weighted by molar-refractivity contribution is 6.02. The number of alkyl halides is 9. The van der Waals surface area contributed by atoms with Crippen LogP contribution in [0.2, 0.25) is 0 Å². The number of carbonyl (C=O) groups excluding carboxylic acids is 2. The number of hydrogen-bond acceptors (Lipinski definition) is 6. The number of halogens is 9. The van der Waals surface area contributed by atoms with Gasteiger partial charge in [-0.3, -0.25) is 19.8 Å². The number of fused-ring (bicyclic) bond motifs is 2. The van der Waals surface area contributed by atoms with Gasteiger partial charge in [-0.05, 0) is 35.3 Å². The van der Waals surface area contributed by atoms with Crippen LogP contribution in [0.4, 0.5) is 51.1 Å². The van der Waals surface area contributed by atoms with E-state index < -0.39 is 69.6 Å². The molecule has 2 atom stereocenters. The molecule has 0 fully saturated rings. The van der Waals surface area contributed by atoms with Gasteiger partial charge < -0.3 is 10.6 Å². The molecular weight excluding hydrogens is 767 g/mol. The Morgan fingerprint density at radius 3 is 1.47 bits per heavy atom. The molecule has 0 saturated carbocycles. The summed E-state index contributed by atoms with van der Waals surface area (Å²) in [4.78, 5) is 25.3. The summed E-state index contributed by atoms with van der Waals surface area (Å²) in [5, 5.41) is 17.1. The zero-order valence-corrected chi connectivity index (χ0v) is 31.4. The Kier molecular flexibility index (Phi) is 10.5. The zero-order valence-electron chi connectivity index (χ0n) is 31.4. The predicted molar refractivity (Wildman–Crippen MR) is 193 cm³/mol. The van der Waals surface area contributed by atoms with Gasteiger partial charge in [0, 0.05) is 58.3 Å². The van der Waals surface area contributed by atoms with Crippen LogP contribution < -0.4 is 10.6 Å². The minimum Gasteiger partial charge on any atom is -0.342 e. The van der Waals surface area contributed by atoms with E-state index in [2.05, 4.69) is 25.9 Å². The fourth-order valence-electron chi connectivity index (χ4n) is 8.03. The second-order valence-corrected chi connectivity index (χ2v) is 16.0. The molecule has 57 heavy (non-hydrogen) atoms. The smallest absolute Gasteiger partial charge is 0.342 e. The molecule has 304 valence electrons. The zero-order chi connectivity index (χ0) is 41.9. The highest BCUT2D eigenvalue weighted by Gasteiger charge is 2.49. The van der Waals surface area contributed by atoms with Crippen LogP contribution >= 0.6 is 0 Å². The molecule has 8 rings (SSSR count). The molecule has 0 amide bonds. The molecule has 2 unspecified atom stereocenters. The van der Waals surface area contributed by atoms with Crippen LogP contribution in [0.1, 0.15) is 106 Å². The lowest BCUT2D eigenvalue weighted by molar-refractivity contribution is -0.142. The number of rotatable bonds is 1. The van der Waals surface area contributed by atoms with E-state index in [4.69, 9.17) is 0 Å². The highest BCUT2D eigenvalue weighted by Crippen LogP contribution is 2.53. The molecule has 2 aliphatic carbocycles. The Hall–Kier alpha value is -5.35. The third-order valence-corrected chi connectivity index (χ3v) is 10.2. The Morgan fingerprint density at radius 1 is 0.579 bits per heavy atom. The molecule has 4 heterocycles. The molecule has 2 aromatic heterocycles. The third kappa shape index (κ3) is 8.37. The number of H-pyrrole nitrogens is 2. The van der Waals surface area contributed by atoms with E-state index >= 15 is 0 Å². The van der Waals surface area contributed by atoms with Crippen LogP contribution in [0.25, 0.3) is 0 Å². The lowest BCUT2D eigenvalue weighted by atomic mass is 9.68. The Morgan fingerprint density at radius 2 is 1.00 bits per heavy atom. The number of Topliss-reactive ketones (excluding diaryl/α,β-unsaturated/α-hetero) is 2. The van der Waals surface area contributed by atoms with Crippen molar-refractivity contribution in [2.75, 3.05) is 10.6 Å². The molecule has 0 saturated heterocycles. The summed E-state index contributed by atoms with van der Waals surface area (Å²) in [6.07, 6.45) is -12.9. The molecule has 0 radical (unpaired) electrons. The number of nitrogens with zero attached hydrogens (tertiary/aromatic N) is 2. The van der Waals surface area contributed by atoms with E-state index in [0.717, 1.165) is 18.2 Å². The van der Waals surface area contributed by atoms with Gasteiger partial charge in [0.05, 0.1) is 5.56 Å². The maximum absolute atomic E-state index is 13.7. The quantitative estimate of drug-likeness (QED) is 0.142. The molecule has 8 nitrogen and oxygen atoms in total. The second-order valence-electron chi connectivity index (χ2n) is 16.0. The first-order valence-corrected chi connectivity index (χ1v) is 17.9. The van der Waals surface area contributed by atoms with Crippen molar-refractivity contribution in [3.8, 4) is 0 Å². The molecule has 4 aromatic rings. The molecular formula is C40H39F9N6O2. The van der Waals surface area contributed by atoms with E-state index in [1.165, 1.54) is 6.07 Å². The minimum absolute atomic E-state index is 0.0206. The molecule has 17 heteroatoms. The van der Waals surface area contributed by atoms with Crippen LogP contribution in [0.3, 0.4) is 0 Å². The summed E-state index contributed by atoms with van der Waals surface area (Å²) >= 11 is 0. The Balaban J connectivity index is 0.000000175. The number of ketones is 2. The first-order chi connectivity index (χ1) is 26.4. The molecule has 2 aromatic carbocycles. The van der Waals surface area contributed by atoms with Gasteiger partial charge in [-0.25, -0.2) is 0 Å². The summed E-state index contributed by atoms with van der Waals surface area (Å²) in [6.45, 7) is 9.22.